The van der Waals surface area contributed by atoms with E-state index < -0.39 is 21.5 Å². The minimum absolute atomic E-state index is 0.147. The SMILES string of the molecule is CC(C)(C)[SiH2]OC(C)(C)C1CC(N=[N+]=[N-])CN1C(=O)O. The maximum Gasteiger partial charge on any atom is 0.407 e. The first-order valence-electron chi connectivity index (χ1n) is 6.74. The van der Waals surface area contributed by atoms with Gasteiger partial charge in [-0.15, -0.1) is 0 Å². The quantitative estimate of drug-likeness (QED) is 0.374. The second-order valence-corrected chi connectivity index (χ2v) is 9.70. The van der Waals surface area contributed by atoms with E-state index >= 15 is 0 Å². The van der Waals surface area contributed by atoms with Crippen LogP contribution < -0.4 is 0 Å². The Kier molecular flexibility index (Phi) is 5.07. The van der Waals surface area contributed by atoms with Gasteiger partial charge in [-0.05, 0) is 30.8 Å². The summed E-state index contributed by atoms with van der Waals surface area (Å²) in [4.78, 5) is 15.5. The molecule has 1 aliphatic heterocycles. The monoisotopic (exact) mass is 300 g/mol. The lowest BCUT2D eigenvalue weighted by Gasteiger charge is -2.38. The number of nitrogens with zero attached hydrogens (tertiary/aromatic N) is 4. The van der Waals surface area contributed by atoms with Gasteiger partial charge in [0, 0.05) is 11.5 Å². The predicted octanol–water partition coefficient (Wildman–Crippen LogP) is 2.51. The molecule has 8 heteroatoms. The Bertz CT molecular complexity index is 415. The number of likely N-dealkylation sites (tertiary alicyclic amines) is 1. The summed E-state index contributed by atoms with van der Waals surface area (Å²) in [6.07, 6.45) is -0.471. The van der Waals surface area contributed by atoms with Crippen molar-refractivity contribution in [2.45, 2.75) is 63.8 Å². The van der Waals surface area contributed by atoms with E-state index in [1.165, 1.54) is 4.90 Å². The molecule has 7 nitrogen and oxygen atoms in total. The Labute approximate surface area is 121 Å². The molecule has 0 radical (unpaired) electrons. The summed E-state index contributed by atoms with van der Waals surface area (Å²) in [5.74, 6) is 0. The molecule has 2 atom stereocenters. The summed E-state index contributed by atoms with van der Waals surface area (Å²) >= 11 is 0. The lowest BCUT2D eigenvalue weighted by atomic mass is 9.96. The molecule has 1 aliphatic rings. The number of rotatable bonds is 4. The zero-order chi connectivity index (χ0) is 15.6. The van der Waals surface area contributed by atoms with E-state index in [1.54, 1.807) is 0 Å². The molecule has 1 saturated heterocycles. The van der Waals surface area contributed by atoms with Crippen molar-refractivity contribution in [1.29, 1.82) is 0 Å². The van der Waals surface area contributed by atoms with Crippen molar-refractivity contribution in [2.24, 2.45) is 5.11 Å². The van der Waals surface area contributed by atoms with Gasteiger partial charge in [0.1, 0.15) is 0 Å². The van der Waals surface area contributed by atoms with E-state index in [2.05, 4.69) is 30.8 Å². The molecule has 1 amide bonds. The molecular weight excluding hydrogens is 276 g/mol. The molecule has 0 saturated carbocycles. The van der Waals surface area contributed by atoms with Crippen molar-refractivity contribution in [3.05, 3.63) is 10.4 Å². The minimum atomic E-state index is -0.986. The number of carboxylic acid groups (broad SMARTS) is 1. The number of hydrogen-bond donors (Lipinski definition) is 1. The molecule has 0 spiro atoms. The Morgan fingerprint density at radius 1 is 1.45 bits per heavy atom. The van der Waals surface area contributed by atoms with Crippen molar-refractivity contribution in [3.8, 4) is 0 Å². The standard InChI is InChI=1S/C12H24N4O3Si/c1-11(2,3)20-19-12(4,5)9-6-8(14-15-13)7-16(9)10(17)18/h8-9H,6-7,20H2,1-5H3,(H,17,18). The van der Waals surface area contributed by atoms with E-state index in [-0.39, 0.29) is 23.7 Å². The van der Waals surface area contributed by atoms with E-state index in [0.717, 1.165) is 0 Å². The Morgan fingerprint density at radius 3 is 2.50 bits per heavy atom. The molecule has 0 bridgehead atoms. The van der Waals surface area contributed by atoms with Gasteiger partial charge in [-0.3, -0.25) is 0 Å². The number of amides is 1. The molecular formula is C12H24N4O3Si. The zero-order valence-corrected chi connectivity index (χ0v) is 14.2. The van der Waals surface area contributed by atoms with Gasteiger partial charge in [0.05, 0.1) is 17.7 Å². The normalized spacial score (nSPS) is 24.1. The lowest BCUT2D eigenvalue weighted by Crippen LogP contribution is -2.50. The summed E-state index contributed by atoms with van der Waals surface area (Å²) in [5.41, 5.74) is 7.96. The van der Waals surface area contributed by atoms with E-state index in [9.17, 15) is 9.90 Å². The number of azide groups is 1. The largest absolute Gasteiger partial charge is 0.465 e. The van der Waals surface area contributed by atoms with E-state index in [4.69, 9.17) is 9.96 Å². The maximum absolute atomic E-state index is 11.4. The Hall–Kier alpha value is -1.24. The van der Waals surface area contributed by atoms with Crippen molar-refractivity contribution in [3.63, 3.8) is 0 Å². The highest BCUT2D eigenvalue weighted by Crippen LogP contribution is 2.33. The summed E-state index contributed by atoms with van der Waals surface area (Å²) < 4.78 is 6.08. The summed E-state index contributed by atoms with van der Waals surface area (Å²) in [5, 5.41) is 13.1. The molecule has 0 aromatic carbocycles. The van der Waals surface area contributed by atoms with Gasteiger partial charge in [-0.2, -0.15) is 0 Å². The first-order chi connectivity index (χ1) is 9.07. The van der Waals surface area contributed by atoms with Crippen molar-refractivity contribution < 1.29 is 14.3 Å². The molecule has 114 valence electrons. The van der Waals surface area contributed by atoms with Gasteiger partial charge in [0.2, 0.25) is 0 Å². The highest BCUT2D eigenvalue weighted by Gasteiger charge is 2.44. The fraction of sp³-hybridized carbons (Fsp3) is 0.917. The third-order valence-corrected chi connectivity index (χ3v) is 5.17. The second kappa shape index (κ2) is 6.03. The van der Waals surface area contributed by atoms with Crippen LogP contribution in [0.4, 0.5) is 4.79 Å². The van der Waals surface area contributed by atoms with Gasteiger partial charge in [-0.1, -0.05) is 25.9 Å². The van der Waals surface area contributed by atoms with Crippen LogP contribution in [-0.4, -0.2) is 50.1 Å². The fourth-order valence-corrected chi connectivity index (χ4v) is 3.34. The number of carbonyl (C=O) groups is 1. The summed E-state index contributed by atoms with van der Waals surface area (Å²) in [6.45, 7) is 10.5. The average Bonchev–Trinajstić information content (AvgIpc) is 2.71. The topological polar surface area (TPSA) is 98.5 Å². The molecule has 1 heterocycles. The molecule has 0 aromatic rings. The highest BCUT2D eigenvalue weighted by molar-refractivity contribution is 6.31. The second-order valence-electron chi connectivity index (χ2n) is 7.00. The first kappa shape index (κ1) is 16.8. The molecule has 1 rings (SSSR count). The third-order valence-electron chi connectivity index (χ3n) is 3.42. The lowest BCUT2D eigenvalue weighted by molar-refractivity contribution is 0.0222. The highest BCUT2D eigenvalue weighted by atomic mass is 28.2. The molecule has 1 N–H and O–H groups in total. The summed E-state index contributed by atoms with van der Waals surface area (Å²) in [7, 11) is -0.787. The van der Waals surface area contributed by atoms with Crippen LogP contribution in [0.3, 0.4) is 0 Å². The van der Waals surface area contributed by atoms with Gasteiger partial charge in [-0.25, -0.2) is 4.79 Å². The molecule has 0 aromatic heterocycles. The number of hydrogen-bond acceptors (Lipinski definition) is 3. The van der Waals surface area contributed by atoms with Gasteiger partial charge < -0.3 is 14.4 Å². The fourth-order valence-electron chi connectivity index (χ4n) is 2.34. The van der Waals surface area contributed by atoms with Crippen LogP contribution >= 0.6 is 0 Å². The Balaban J connectivity index is 2.84. The molecule has 0 aliphatic carbocycles. The van der Waals surface area contributed by atoms with Crippen molar-refractivity contribution >= 4 is 15.9 Å². The summed E-state index contributed by atoms with van der Waals surface area (Å²) in [6, 6.07) is -0.578. The molecule has 2 unspecified atom stereocenters. The minimum Gasteiger partial charge on any atom is -0.465 e. The maximum atomic E-state index is 11.4. The molecule has 1 fully saturated rings. The smallest absolute Gasteiger partial charge is 0.407 e. The van der Waals surface area contributed by atoms with E-state index in [1.807, 2.05) is 13.8 Å². The average molecular weight is 300 g/mol. The predicted molar refractivity (Wildman–Crippen MR) is 79.5 cm³/mol. The van der Waals surface area contributed by atoms with Gasteiger partial charge in [0.15, 0.2) is 9.76 Å². The van der Waals surface area contributed by atoms with Crippen LogP contribution in [-0.2, 0) is 4.43 Å². The van der Waals surface area contributed by atoms with Crippen LogP contribution in [0.15, 0.2) is 5.11 Å². The van der Waals surface area contributed by atoms with Crippen LogP contribution in [0.5, 0.6) is 0 Å². The van der Waals surface area contributed by atoms with Crippen LogP contribution in [0.1, 0.15) is 41.0 Å². The van der Waals surface area contributed by atoms with Crippen molar-refractivity contribution in [1.82, 2.24) is 4.90 Å². The third kappa shape index (κ3) is 4.40. The van der Waals surface area contributed by atoms with Crippen molar-refractivity contribution in [2.75, 3.05) is 6.54 Å². The Morgan fingerprint density at radius 2 is 2.05 bits per heavy atom. The van der Waals surface area contributed by atoms with Gasteiger partial charge >= 0.3 is 6.09 Å². The van der Waals surface area contributed by atoms with Crippen LogP contribution in [0.25, 0.3) is 10.4 Å². The van der Waals surface area contributed by atoms with E-state index in [0.29, 0.717) is 6.42 Å². The van der Waals surface area contributed by atoms with Gasteiger partial charge in [0.25, 0.3) is 0 Å². The zero-order valence-electron chi connectivity index (χ0n) is 12.8. The molecule has 20 heavy (non-hydrogen) atoms. The van der Waals surface area contributed by atoms with Crippen LogP contribution in [0, 0.1) is 0 Å². The van der Waals surface area contributed by atoms with Crippen LogP contribution in [0.2, 0.25) is 5.04 Å². The first-order valence-corrected chi connectivity index (χ1v) is 8.03.